The molecule has 1 fully saturated rings. The van der Waals surface area contributed by atoms with E-state index in [9.17, 15) is 5.11 Å². The Morgan fingerprint density at radius 3 is 2.33 bits per heavy atom. The zero-order chi connectivity index (χ0) is 10.7. The summed E-state index contributed by atoms with van der Waals surface area (Å²) in [4.78, 5) is 0. The number of aliphatic hydroxyl groups excluding tert-OH is 1. The van der Waals surface area contributed by atoms with Gasteiger partial charge in [-0.15, -0.1) is 0 Å². The Kier molecular flexibility index (Phi) is 3.03. The molecule has 0 radical (unpaired) electrons. The summed E-state index contributed by atoms with van der Waals surface area (Å²) in [7, 11) is 0. The van der Waals surface area contributed by atoms with Crippen LogP contribution in [0.1, 0.15) is 42.9 Å². The van der Waals surface area contributed by atoms with Crippen LogP contribution in [0.25, 0.3) is 0 Å². The van der Waals surface area contributed by atoms with Gasteiger partial charge in [0.15, 0.2) is 0 Å². The smallest absolute Gasteiger partial charge is 0.0991 e. The summed E-state index contributed by atoms with van der Waals surface area (Å²) in [5.74, 6) is 0.415. The molecule has 1 saturated carbocycles. The standard InChI is InChI=1S/C13H15NO/c14-9-10-5-7-12(8-6-10)13(15)11-3-1-2-4-11/h5-8,11,13,15H,1-4H2. The number of hydrogen-bond donors (Lipinski definition) is 1. The second-order valence-electron chi connectivity index (χ2n) is 4.22. The molecule has 1 aromatic rings. The lowest BCUT2D eigenvalue weighted by molar-refractivity contribution is 0.111. The number of aliphatic hydroxyl groups is 1. The van der Waals surface area contributed by atoms with Crippen LogP contribution in [-0.4, -0.2) is 5.11 Å². The van der Waals surface area contributed by atoms with Crippen LogP contribution >= 0.6 is 0 Å². The molecule has 2 rings (SSSR count). The van der Waals surface area contributed by atoms with Crippen molar-refractivity contribution in [3.05, 3.63) is 35.4 Å². The van der Waals surface area contributed by atoms with Crippen molar-refractivity contribution in [3.63, 3.8) is 0 Å². The van der Waals surface area contributed by atoms with Gasteiger partial charge in [0.25, 0.3) is 0 Å². The lowest BCUT2D eigenvalue weighted by Gasteiger charge is -2.17. The normalized spacial score (nSPS) is 18.7. The third-order valence-electron chi connectivity index (χ3n) is 3.23. The van der Waals surface area contributed by atoms with Crippen molar-refractivity contribution in [1.82, 2.24) is 0 Å². The summed E-state index contributed by atoms with van der Waals surface area (Å²) in [6.07, 6.45) is 4.37. The highest BCUT2D eigenvalue weighted by Crippen LogP contribution is 2.35. The lowest BCUT2D eigenvalue weighted by Crippen LogP contribution is -2.08. The Bertz CT molecular complexity index is 357. The van der Waals surface area contributed by atoms with E-state index in [1.807, 2.05) is 12.1 Å². The van der Waals surface area contributed by atoms with Gasteiger partial charge in [0.1, 0.15) is 0 Å². The van der Waals surface area contributed by atoms with Crippen molar-refractivity contribution in [2.75, 3.05) is 0 Å². The second kappa shape index (κ2) is 4.46. The summed E-state index contributed by atoms with van der Waals surface area (Å²) in [5.41, 5.74) is 1.60. The van der Waals surface area contributed by atoms with E-state index < -0.39 is 0 Å². The van der Waals surface area contributed by atoms with Crippen LogP contribution in [0.5, 0.6) is 0 Å². The third-order valence-corrected chi connectivity index (χ3v) is 3.23. The molecule has 78 valence electrons. The highest BCUT2D eigenvalue weighted by molar-refractivity contribution is 5.32. The number of benzene rings is 1. The molecule has 0 amide bonds. The minimum Gasteiger partial charge on any atom is -0.388 e. The molecule has 1 aromatic carbocycles. The van der Waals surface area contributed by atoms with Crippen LogP contribution in [0.4, 0.5) is 0 Å². The van der Waals surface area contributed by atoms with Crippen LogP contribution < -0.4 is 0 Å². The summed E-state index contributed by atoms with van der Waals surface area (Å²) in [6.45, 7) is 0. The van der Waals surface area contributed by atoms with Crippen LogP contribution in [0.2, 0.25) is 0 Å². The third kappa shape index (κ3) is 2.19. The zero-order valence-electron chi connectivity index (χ0n) is 8.69. The molecule has 15 heavy (non-hydrogen) atoms. The molecule has 2 nitrogen and oxygen atoms in total. The van der Waals surface area contributed by atoms with Gasteiger partial charge in [0.2, 0.25) is 0 Å². The Morgan fingerprint density at radius 1 is 1.20 bits per heavy atom. The van der Waals surface area contributed by atoms with Gasteiger partial charge in [0, 0.05) is 0 Å². The van der Waals surface area contributed by atoms with Crippen molar-refractivity contribution in [3.8, 4) is 6.07 Å². The summed E-state index contributed by atoms with van der Waals surface area (Å²) in [6, 6.07) is 9.35. The first kappa shape index (κ1) is 10.2. The quantitative estimate of drug-likeness (QED) is 0.799. The second-order valence-corrected chi connectivity index (χ2v) is 4.22. The molecule has 0 heterocycles. The average Bonchev–Trinajstić information content (AvgIpc) is 2.82. The minimum absolute atomic E-state index is 0.347. The Morgan fingerprint density at radius 2 is 1.80 bits per heavy atom. The Hall–Kier alpha value is -1.33. The minimum atomic E-state index is -0.347. The number of nitrogens with zero attached hydrogens (tertiary/aromatic N) is 1. The summed E-state index contributed by atoms with van der Waals surface area (Å²) < 4.78 is 0. The topological polar surface area (TPSA) is 44.0 Å². The van der Waals surface area contributed by atoms with Crippen molar-refractivity contribution in [1.29, 1.82) is 5.26 Å². The summed E-state index contributed by atoms with van der Waals surface area (Å²) >= 11 is 0. The van der Waals surface area contributed by atoms with E-state index in [1.54, 1.807) is 12.1 Å². The molecular weight excluding hydrogens is 186 g/mol. The maximum absolute atomic E-state index is 10.1. The molecule has 1 N–H and O–H groups in total. The van der Waals surface area contributed by atoms with E-state index in [2.05, 4.69) is 6.07 Å². The van der Waals surface area contributed by atoms with E-state index in [0.29, 0.717) is 11.5 Å². The van der Waals surface area contributed by atoms with E-state index in [4.69, 9.17) is 5.26 Å². The lowest BCUT2D eigenvalue weighted by atomic mass is 9.94. The number of rotatable bonds is 2. The largest absolute Gasteiger partial charge is 0.388 e. The molecule has 1 aliphatic carbocycles. The van der Waals surface area contributed by atoms with Gasteiger partial charge in [-0.05, 0) is 36.5 Å². The van der Waals surface area contributed by atoms with Crippen LogP contribution in [0.15, 0.2) is 24.3 Å². The van der Waals surface area contributed by atoms with E-state index >= 15 is 0 Å². The molecule has 1 unspecified atom stereocenters. The molecule has 0 spiro atoms. The zero-order valence-corrected chi connectivity index (χ0v) is 8.69. The fourth-order valence-electron chi connectivity index (χ4n) is 2.30. The molecule has 2 heteroatoms. The van der Waals surface area contributed by atoms with E-state index in [-0.39, 0.29) is 6.10 Å². The Labute approximate surface area is 90.2 Å². The van der Waals surface area contributed by atoms with E-state index in [1.165, 1.54) is 12.8 Å². The van der Waals surface area contributed by atoms with Crippen LogP contribution in [0.3, 0.4) is 0 Å². The predicted octanol–water partition coefficient (Wildman–Crippen LogP) is 2.78. The van der Waals surface area contributed by atoms with Gasteiger partial charge >= 0.3 is 0 Å². The van der Waals surface area contributed by atoms with Crippen LogP contribution in [-0.2, 0) is 0 Å². The number of hydrogen-bond acceptors (Lipinski definition) is 2. The monoisotopic (exact) mass is 201 g/mol. The molecule has 0 aromatic heterocycles. The number of nitriles is 1. The van der Waals surface area contributed by atoms with Crippen molar-refractivity contribution in [2.45, 2.75) is 31.8 Å². The Balaban J connectivity index is 2.11. The van der Waals surface area contributed by atoms with Crippen LogP contribution in [0, 0.1) is 17.2 Å². The predicted molar refractivity (Wildman–Crippen MR) is 58.1 cm³/mol. The fourth-order valence-corrected chi connectivity index (χ4v) is 2.30. The fraction of sp³-hybridized carbons (Fsp3) is 0.462. The maximum Gasteiger partial charge on any atom is 0.0991 e. The van der Waals surface area contributed by atoms with Crippen molar-refractivity contribution in [2.24, 2.45) is 5.92 Å². The van der Waals surface area contributed by atoms with Gasteiger partial charge in [-0.2, -0.15) is 5.26 Å². The van der Waals surface area contributed by atoms with Crippen molar-refractivity contribution >= 4 is 0 Å². The van der Waals surface area contributed by atoms with Gasteiger partial charge < -0.3 is 5.11 Å². The van der Waals surface area contributed by atoms with Crippen molar-refractivity contribution < 1.29 is 5.11 Å². The molecule has 1 atom stereocenters. The highest BCUT2D eigenvalue weighted by atomic mass is 16.3. The molecule has 0 aliphatic heterocycles. The summed E-state index contributed by atoms with van der Waals surface area (Å²) in [5, 5.41) is 18.8. The van der Waals surface area contributed by atoms with Gasteiger partial charge in [-0.25, -0.2) is 0 Å². The van der Waals surface area contributed by atoms with Gasteiger partial charge in [-0.1, -0.05) is 25.0 Å². The SMILES string of the molecule is N#Cc1ccc(C(O)C2CCCC2)cc1. The molecule has 1 aliphatic rings. The molecule has 0 bridgehead atoms. The maximum atomic E-state index is 10.1. The first-order valence-electron chi connectivity index (χ1n) is 5.49. The first-order chi connectivity index (χ1) is 7.31. The van der Waals surface area contributed by atoms with Gasteiger partial charge in [0.05, 0.1) is 17.7 Å². The first-order valence-corrected chi connectivity index (χ1v) is 5.49. The van der Waals surface area contributed by atoms with E-state index in [0.717, 1.165) is 18.4 Å². The highest BCUT2D eigenvalue weighted by Gasteiger charge is 2.24. The van der Waals surface area contributed by atoms with Gasteiger partial charge in [-0.3, -0.25) is 0 Å². The average molecular weight is 201 g/mol. The molecule has 0 saturated heterocycles. The molecular formula is C13H15NO.